The summed E-state index contributed by atoms with van der Waals surface area (Å²) >= 11 is 6.54. The van der Waals surface area contributed by atoms with Gasteiger partial charge in [0.25, 0.3) is 5.90 Å². The first-order valence-electron chi connectivity index (χ1n) is 8.58. The quantitative estimate of drug-likeness (QED) is 0.525. The summed E-state index contributed by atoms with van der Waals surface area (Å²) < 4.78 is 17.9. The van der Waals surface area contributed by atoms with Crippen LogP contribution in [0, 0.1) is 15.3 Å². The predicted octanol–water partition coefficient (Wildman–Crippen LogP) is 4.05. The zero-order valence-corrected chi connectivity index (χ0v) is 17.4. The predicted molar refractivity (Wildman–Crippen MR) is 113 cm³/mol. The Morgan fingerprint density at radius 2 is 2.14 bits per heavy atom. The highest BCUT2D eigenvalue weighted by molar-refractivity contribution is 7.73. The number of nitriles is 1. The largest absolute Gasteiger partial charge is 0.497 e. The molecular weight excluding hydrogens is 412 g/mol. The maximum absolute atomic E-state index is 10.5. The van der Waals surface area contributed by atoms with Crippen LogP contribution in [0.25, 0.3) is 6.08 Å². The molecule has 1 aliphatic heterocycles. The molecule has 1 N–H and O–H groups in total. The number of hydrogen-bond acceptors (Lipinski definition) is 9. The Labute approximate surface area is 176 Å². The summed E-state index contributed by atoms with van der Waals surface area (Å²) in [6.45, 7) is 1.10. The summed E-state index contributed by atoms with van der Waals surface area (Å²) in [4.78, 5) is 8.95. The molecule has 0 aliphatic carbocycles. The van der Waals surface area contributed by atoms with Crippen molar-refractivity contribution < 1.29 is 19.3 Å². The topological polar surface area (TPSA) is 101 Å². The van der Waals surface area contributed by atoms with Crippen molar-refractivity contribution in [1.29, 1.82) is 5.26 Å². The number of nitrogens with zero attached hydrogens (tertiary/aromatic N) is 4. The maximum Gasteiger partial charge on any atom is 0.258 e. The Bertz CT molecular complexity index is 1080. The summed E-state index contributed by atoms with van der Waals surface area (Å²) in [5.74, 6) is 0.972. The lowest BCUT2D eigenvalue weighted by atomic mass is 10.3. The molecule has 0 radical (unpaired) electrons. The number of rotatable bonds is 7. The van der Waals surface area contributed by atoms with E-state index >= 15 is 0 Å². The van der Waals surface area contributed by atoms with Crippen LogP contribution < -0.4 is 4.74 Å². The van der Waals surface area contributed by atoms with Gasteiger partial charge < -0.3 is 19.3 Å². The highest BCUT2D eigenvalue weighted by Crippen LogP contribution is 2.30. The lowest BCUT2D eigenvalue weighted by Crippen LogP contribution is -2.07. The molecule has 29 heavy (non-hydrogen) atoms. The van der Waals surface area contributed by atoms with E-state index in [4.69, 9.17) is 26.4 Å². The van der Waals surface area contributed by atoms with Crippen LogP contribution in [0.3, 0.4) is 0 Å². The van der Waals surface area contributed by atoms with Gasteiger partial charge in [-0.25, -0.2) is 4.99 Å². The SMILES string of the molecule is COCCCn1c(O)c(/C=C2\N=C(C#N)C(=Nc3ccc(OC)cc3)O2)sc1=S. The third-order valence-electron chi connectivity index (χ3n) is 3.91. The van der Waals surface area contributed by atoms with Crippen LogP contribution in [-0.4, -0.2) is 42.1 Å². The Morgan fingerprint density at radius 1 is 1.38 bits per heavy atom. The lowest BCUT2D eigenvalue weighted by molar-refractivity contribution is 0.189. The summed E-state index contributed by atoms with van der Waals surface area (Å²) in [5, 5.41) is 19.8. The van der Waals surface area contributed by atoms with E-state index in [0.29, 0.717) is 33.4 Å². The van der Waals surface area contributed by atoms with Crippen LogP contribution in [0.1, 0.15) is 11.3 Å². The summed E-state index contributed by atoms with van der Waals surface area (Å²) in [6, 6.07) is 8.96. The molecule has 0 spiro atoms. The molecule has 1 aromatic carbocycles. The summed E-state index contributed by atoms with van der Waals surface area (Å²) in [6.07, 6.45) is 2.26. The normalized spacial score (nSPS) is 16.0. The van der Waals surface area contributed by atoms with Crippen molar-refractivity contribution >= 4 is 46.9 Å². The molecule has 0 saturated carbocycles. The average molecular weight is 431 g/mol. The third kappa shape index (κ3) is 4.89. The molecule has 1 aliphatic rings. The number of aromatic nitrogens is 1. The number of aliphatic imine (C=N–C) groups is 2. The van der Waals surface area contributed by atoms with Gasteiger partial charge in [0.15, 0.2) is 3.95 Å². The first-order chi connectivity index (χ1) is 14.0. The van der Waals surface area contributed by atoms with Crippen molar-refractivity contribution in [2.75, 3.05) is 20.8 Å². The number of benzene rings is 1. The highest BCUT2D eigenvalue weighted by Gasteiger charge is 2.23. The minimum Gasteiger partial charge on any atom is -0.497 e. The van der Waals surface area contributed by atoms with Crippen molar-refractivity contribution in [3.63, 3.8) is 0 Å². The molecule has 10 heteroatoms. The highest BCUT2D eigenvalue weighted by atomic mass is 32.1. The van der Waals surface area contributed by atoms with E-state index in [2.05, 4.69) is 9.98 Å². The number of aromatic hydroxyl groups is 1. The van der Waals surface area contributed by atoms with Crippen LogP contribution >= 0.6 is 23.6 Å². The Morgan fingerprint density at radius 3 is 2.79 bits per heavy atom. The van der Waals surface area contributed by atoms with E-state index in [-0.39, 0.29) is 23.4 Å². The Hall–Kier alpha value is -3.00. The number of ether oxygens (including phenoxy) is 3. The van der Waals surface area contributed by atoms with E-state index in [9.17, 15) is 10.4 Å². The van der Waals surface area contributed by atoms with Crippen molar-refractivity contribution in [1.82, 2.24) is 4.57 Å². The van der Waals surface area contributed by atoms with Gasteiger partial charge in [-0.15, -0.1) is 11.3 Å². The van der Waals surface area contributed by atoms with Crippen molar-refractivity contribution in [3.8, 4) is 17.7 Å². The van der Waals surface area contributed by atoms with Crippen LogP contribution in [0.5, 0.6) is 11.6 Å². The van der Waals surface area contributed by atoms with E-state index in [0.717, 1.165) is 6.42 Å². The number of thiazole rings is 1. The molecule has 0 saturated heterocycles. The summed E-state index contributed by atoms with van der Waals surface area (Å²) in [5.41, 5.74) is 0.641. The second-order valence-electron chi connectivity index (χ2n) is 5.83. The van der Waals surface area contributed by atoms with E-state index in [1.807, 2.05) is 6.07 Å². The first kappa shape index (κ1) is 20.7. The van der Waals surface area contributed by atoms with Crippen LogP contribution in [0.4, 0.5) is 5.69 Å². The van der Waals surface area contributed by atoms with Gasteiger partial charge in [-0.1, -0.05) is 0 Å². The monoisotopic (exact) mass is 430 g/mol. The van der Waals surface area contributed by atoms with Gasteiger partial charge in [-0.05, 0) is 42.9 Å². The van der Waals surface area contributed by atoms with Gasteiger partial charge in [0.2, 0.25) is 17.5 Å². The third-order valence-corrected chi connectivity index (χ3v) is 5.30. The number of methoxy groups -OCH3 is 2. The van der Waals surface area contributed by atoms with Gasteiger partial charge in [0.1, 0.15) is 11.8 Å². The molecule has 0 atom stereocenters. The lowest BCUT2D eigenvalue weighted by Gasteiger charge is -2.04. The first-order valence-corrected chi connectivity index (χ1v) is 9.81. The van der Waals surface area contributed by atoms with Gasteiger partial charge in [-0.3, -0.25) is 4.57 Å². The maximum atomic E-state index is 10.5. The second-order valence-corrected chi connectivity index (χ2v) is 7.50. The Balaban J connectivity index is 1.84. The summed E-state index contributed by atoms with van der Waals surface area (Å²) in [7, 11) is 3.20. The molecule has 1 aromatic heterocycles. The molecule has 0 unspecified atom stereocenters. The van der Waals surface area contributed by atoms with Crippen LogP contribution in [0.2, 0.25) is 0 Å². The minimum absolute atomic E-state index is 0.0291. The minimum atomic E-state index is 0.0291. The fraction of sp³-hybridized carbons (Fsp3) is 0.263. The van der Waals surface area contributed by atoms with Crippen molar-refractivity contribution in [2.45, 2.75) is 13.0 Å². The molecule has 8 nitrogen and oxygen atoms in total. The fourth-order valence-electron chi connectivity index (χ4n) is 2.50. The molecule has 2 aromatic rings. The molecule has 0 bridgehead atoms. The average Bonchev–Trinajstić information content (AvgIpc) is 3.23. The number of hydrogen-bond donors (Lipinski definition) is 1. The molecular formula is C19H18N4O4S2. The van der Waals surface area contributed by atoms with Gasteiger partial charge >= 0.3 is 0 Å². The zero-order valence-electron chi connectivity index (χ0n) is 15.8. The van der Waals surface area contributed by atoms with Crippen LogP contribution in [0.15, 0.2) is 40.1 Å². The fourth-order valence-corrected chi connectivity index (χ4v) is 3.78. The molecule has 0 amide bonds. The molecule has 150 valence electrons. The standard InChI is InChI=1S/C19H18N4O4S2/c1-25-9-3-8-23-18(24)15(29-19(23)28)10-16-22-14(11-20)17(27-16)21-12-4-6-13(26-2)7-5-12/h4-7,10,24H,3,8-9H2,1-2H3/b16-10+,21-17?. The second kappa shape index (κ2) is 9.47. The van der Waals surface area contributed by atoms with Crippen molar-refractivity contribution in [3.05, 3.63) is 39.0 Å². The Kier molecular flexibility index (Phi) is 6.77. The van der Waals surface area contributed by atoms with Crippen molar-refractivity contribution in [2.24, 2.45) is 9.98 Å². The molecule has 2 heterocycles. The van der Waals surface area contributed by atoms with Gasteiger partial charge in [0.05, 0.1) is 17.7 Å². The van der Waals surface area contributed by atoms with E-state index < -0.39 is 0 Å². The smallest absolute Gasteiger partial charge is 0.258 e. The van der Waals surface area contributed by atoms with E-state index in [1.165, 1.54) is 17.4 Å². The molecule has 3 rings (SSSR count). The van der Waals surface area contributed by atoms with Crippen LogP contribution in [-0.2, 0) is 16.0 Å². The van der Waals surface area contributed by atoms with E-state index in [1.54, 1.807) is 43.1 Å². The van der Waals surface area contributed by atoms with Gasteiger partial charge in [-0.2, -0.15) is 10.3 Å². The zero-order chi connectivity index (χ0) is 20.8. The molecule has 0 fully saturated rings. The van der Waals surface area contributed by atoms with Gasteiger partial charge in [0, 0.05) is 26.3 Å².